The Labute approximate surface area is 356 Å². The van der Waals surface area contributed by atoms with Gasteiger partial charge in [0.15, 0.2) is 16.6 Å². The fourth-order valence-electron chi connectivity index (χ4n) is 9.18. The fraction of sp³-hybridized carbons (Fsp3) is 0.561. The molecule has 3 aliphatic heterocycles. The number of hydrogen-bond donors (Lipinski definition) is 2. The van der Waals surface area contributed by atoms with Crippen molar-refractivity contribution in [2.75, 3.05) is 41.4 Å². The van der Waals surface area contributed by atoms with Crippen LogP contribution in [0.4, 0.5) is 35.2 Å². The maximum atomic E-state index is 13.7. The molecule has 1 unspecified atom stereocenters. The molecule has 4 fully saturated rings. The molecule has 61 heavy (non-hydrogen) atoms. The number of imide groups is 1. The van der Waals surface area contributed by atoms with Gasteiger partial charge in [-0.25, -0.2) is 9.78 Å². The van der Waals surface area contributed by atoms with E-state index in [1.807, 2.05) is 11.0 Å². The molecule has 3 saturated heterocycles. The van der Waals surface area contributed by atoms with Crippen LogP contribution in [0.25, 0.3) is 10.9 Å². The molecule has 4 aliphatic rings. The van der Waals surface area contributed by atoms with Gasteiger partial charge in [0.1, 0.15) is 11.6 Å². The number of piperidine rings is 1. The maximum Gasteiger partial charge on any atom is 0.419 e. The van der Waals surface area contributed by atoms with Crippen molar-refractivity contribution < 1.29 is 41.8 Å². The number of ether oxygens (including phenoxy) is 2. The summed E-state index contributed by atoms with van der Waals surface area (Å²) in [5.41, 5.74) is -2.01. The molecule has 0 bridgehead atoms. The molecular weight excluding hydrogens is 818 g/mol. The van der Waals surface area contributed by atoms with E-state index < -0.39 is 34.9 Å². The van der Waals surface area contributed by atoms with E-state index in [0.717, 1.165) is 30.0 Å². The number of likely N-dealkylation sites (tertiary alicyclic amines) is 1. The molecule has 1 aliphatic carbocycles. The van der Waals surface area contributed by atoms with Gasteiger partial charge in [-0.05, 0) is 96.6 Å². The second-order valence-electron chi connectivity index (χ2n) is 16.6. The Bertz CT molecular complexity index is 2260. The molecule has 1 aromatic carbocycles. The van der Waals surface area contributed by atoms with Crippen molar-refractivity contribution in [1.29, 1.82) is 5.26 Å². The van der Waals surface area contributed by atoms with Crippen LogP contribution in [-0.4, -0.2) is 116 Å². The number of nitriles is 1. The second-order valence-corrected chi connectivity index (χ2v) is 17.0. The normalized spacial score (nSPS) is 25.0. The number of anilines is 3. The predicted molar refractivity (Wildman–Crippen MR) is 221 cm³/mol. The van der Waals surface area contributed by atoms with Crippen LogP contribution < -0.4 is 20.4 Å². The molecule has 5 heterocycles. The first kappa shape index (κ1) is 43.8. The third-order valence-electron chi connectivity index (χ3n) is 12.2. The predicted octanol–water partition coefficient (Wildman–Crippen LogP) is 5.24. The van der Waals surface area contributed by atoms with Gasteiger partial charge in [0.25, 0.3) is 5.91 Å². The van der Waals surface area contributed by atoms with Crippen molar-refractivity contribution >= 4 is 69.2 Å². The number of amides is 5. The first-order valence-corrected chi connectivity index (χ1v) is 20.8. The van der Waals surface area contributed by atoms with E-state index in [9.17, 15) is 32.3 Å². The lowest BCUT2D eigenvalue weighted by molar-refractivity contribution is -0.138. The van der Waals surface area contributed by atoms with Crippen LogP contribution in [0.1, 0.15) is 83.9 Å². The highest BCUT2D eigenvalue weighted by molar-refractivity contribution is 7.80. The minimum absolute atomic E-state index is 0.00931. The third kappa shape index (κ3) is 8.78. The summed E-state index contributed by atoms with van der Waals surface area (Å²) in [5.74, 6) is -0.566. The van der Waals surface area contributed by atoms with Crippen molar-refractivity contribution in [1.82, 2.24) is 29.9 Å². The second kappa shape index (κ2) is 17.3. The number of carbonyl (C=O) groups excluding carboxylic acids is 4. The number of aromatic nitrogens is 3. The van der Waals surface area contributed by atoms with Crippen LogP contribution >= 0.6 is 12.2 Å². The SMILES string of the molecule is C[C@@H]1CC(OCCO[C@H]2CC[C@H](N3C(=S)N(c4cnc(C#N)c(C(F)(F)F)c4)C(=O)C3(C)C)CC2)C[C@H](C)N1CC(=O)Nc1cccc2c(N3CCC(=O)NC3=O)nn(C)c12. The summed E-state index contributed by atoms with van der Waals surface area (Å²) in [5, 5.41) is 19.9. The Balaban J connectivity index is 0.861. The fourth-order valence-corrected chi connectivity index (χ4v) is 9.75. The van der Waals surface area contributed by atoms with Gasteiger partial charge < -0.3 is 19.7 Å². The number of thiocarbonyl (C=S) groups is 1. The van der Waals surface area contributed by atoms with Crippen LogP contribution in [0.2, 0.25) is 0 Å². The zero-order valence-corrected chi connectivity index (χ0v) is 35.4. The van der Waals surface area contributed by atoms with Crippen molar-refractivity contribution in [3.8, 4) is 6.07 Å². The minimum atomic E-state index is -4.83. The molecule has 2 N–H and O–H groups in total. The van der Waals surface area contributed by atoms with Crippen LogP contribution in [-0.2, 0) is 37.1 Å². The Morgan fingerprint density at radius 1 is 1.07 bits per heavy atom. The van der Waals surface area contributed by atoms with E-state index in [4.69, 9.17) is 27.0 Å². The van der Waals surface area contributed by atoms with E-state index in [-0.39, 0.29) is 72.5 Å². The number of nitrogens with one attached hydrogen (secondary N) is 2. The van der Waals surface area contributed by atoms with Crippen molar-refractivity contribution in [2.45, 2.75) is 115 Å². The number of alkyl halides is 3. The molecule has 326 valence electrons. The minimum Gasteiger partial charge on any atom is -0.376 e. The molecule has 7 rings (SSSR count). The van der Waals surface area contributed by atoms with Crippen LogP contribution in [0, 0.1) is 11.3 Å². The molecule has 2 aromatic heterocycles. The number of halogens is 3. The molecular formula is C41H49F3N10O6S. The van der Waals surface area contributed by atoms with Gasteiger partial charge in [0.2, 0.25) is 11.8 Å². The van der Waals surface area contributed by atoms with Gasteiger partial charge >= 0.3 is 12.2 Å². The van der Waals surface area contributed by atoms with Gasteiger partial charge in [-0.15, -0.1) is 0 Å². The number of rotatable bonds is 11. The lowest BCUT2D eigenvalue weighted by Crippen LogP contribution is -2.51. The monoisotopic (exact) mass is 866 g/mol. The topological polar surface area (TPSA) is 178 Å². The summed E-state index contributed by atoms with van der Waals surface area (Å²) in [6.45, 7) is 8.76. The molecule has 20 heteroatoms. The molecule has 16 nitrogen and oxygen atoms in total. The number of nitrogens with zero attached hydrogens (tertiary/aromatic N) is 8. The number of para-hydroxylation sites is 1. The van der Waals surface area contributed by atoms with E-state index in [0.29, 0.717) is 61.3 Å². The van der Waals surface area contributed by atoms with Crippen LogP contribution in [0.5, 0.6) is 0 Å². The summed E-state index contributed by atoms with van der Waals surface area (Å²) in [6.07, 6.45) is 0.574. The number of pyridine rings is 1. The largest absolute Gasteiger partial charge is 0.419 e. The lowest BCUT2D eigenvalue weighted by Gasteiger charge is -2.42. The van der Waals surface area contributed by atoms with E-state index in [2.05, 4.69) is 39.5 Å². The average Bonchev–Trinajstić information content (AvgIpc) is 3.62. The highest BCUT2D eigenvalue weighted by Crippen LogP contribution is 2.40. The highest BCUT2D eigenvalue weighted by Gasteiger charge is 2.53. The van der Waals surface area contributed by atoms with Gasteiger partial charge in [-0.2, -0.15) is 23.5 Å². The first-order chi connectivity index (χ1) is 28.9. The number of carbonyl (C=O) groups is 4. The smallest absolute Gasteiger partial charge is 0.376 e. The van der Waals surface area contributed by atoms with Crippen molar-refractivity contribution in [3.63, 3.8) is 0 Å². The molecule has 3 aromatic rings. The van der Waals surface area contributed by atoms with Crippen molar-refractivity contribution in [2.24, 2.45) is 7.05 Å². The Morgan fingerprint density at radius 3 is 2.38 bits per heavy atom. The van der Waals surface area contributed by atoms with Crippen LogP contribution in [0.3, 0.4) is 0 Å². The summed E-state index contributed by atoms with van der Waals surface area (Å²) in [7, 11) is 1.74. The van der Waals surface area contributed by atoms with Crippen molar-refractivity contribution in [3.05, 3.63) is 41.7 Å². The first-order valence-electron chi connectivity index (χ1n) is 20.4. The summed E-state index contributed by atoms with van der Waals surface area (Å²) < 4.78 is 55.2. The van der Waals surface area contributed by atoms with E-state index >= 15 is 0 Å². The molecule has 1 saturated carbocycles. The van der Waals surface area contributed by atoms with Gasteiger partial charge in [-0.3, -0.25) is 39.1 Å². The number of hydrogen-bond acceptors (Lipinski definition) is 11. The number of fused-ring (bicyclic) bond motifs is 1. The number of aryl methyl sites for hydroxylation is 1. The average molecular weight is 867 g/mol. The van der Waals surface area contributed by atoms with E-state index in [1.165, 1.54) is 11.0 Å². The third-order valence-corrected chi connectivity index (χ3v) is 12.5. The van der Waals surface area contributed by atoms with Crippen LogP contribution in [0.15, 0.2) is 30.5 Å². The summed E-state index contributed by atoms with van der Waals surface area (Å²) in [6, 6.07) is 7.11. The zero-order valence-electron chi connectivity index (χ0n) is 34.6. The number of urea groups is 1. The van der Waals surface area contributed by atoms with Gasteiger partial charge in [0.05, 0.1) is 60.6 Å². The molecule has 0 spiro atoms. The maximum absolute atomic E-state index is 13.7. The Kier molecular flexibility index (Phi) is 12.4. The summed E-state index contributed by atoms with van der Waals surface area (Å²) in [4.78, 5) is 61.4. The van der Waals surface area contributed by atoms with E-state index in [1.54, 1.807) is 37.7 Å². The highest BCUT2D eigenvalue weighted by atomic mass is 32.1. The number of benzene rings is 1. The lowest BCUT2D eigenvalue weighted by atomic mass is 9.89. The van der Waals surface area contributed by atoms with Gasteiger partial charge in [-0.1, -0.05) is 6.07 Å². The molecule has 5 amide bonds. The molecule has 3 atom stereocenters. The summed E-state index contributed by atoms with van der Waals surface area (Å²) >= 11 is 5.71. The molecule has 0 radical (unpaired) electrons. The zero-order chi connectivity index (χ0) is 44.0. The quantitative estimate of drug-likeness (QED) is 0.190. The standard InChI is InChI=1S/C41H49F3N10O6S/c1-23-17-28(18-24(2)52(23)22-34(56)47-31-8-6-7-29-35(31)50(5)49-36(29)51-14-13-33(55)48-38(51)58)60-16-15-59-27-11-9-25(10-12-27)54-39(61)53(37(57)40(54,3)4)26-19-30(41(42,43)44)32(20-45)46-21-26/h6-8,19,21,23-25,27-28H,9-18,22H2,1-5H3,(H,47,56)(H,48,55,58)/t23-,24+,25-,27-,28?. The van der Waals surface area contributed by atoms with Gasteiger partial charge in [0, 0.05) is 43.5 Å². The Morgan fingerprint density at radius 2 is 1.74 bits per heavy atom. The Hall–Kier alpha value is -5.23.